The van der Waals surface area contributed by atoms with Crippen molar-refractivity contribution >= 4 is 11.9 Å². The molecule has 1 aromatic rings. The summed E-state index contributed by atoms with van der Waals surface area (Å²) in [6, 6.07) is 9.33. The monoisotopic (exact) mass is 277 g/mol. The molecule has 0 unspecified atom stereocenters. The zero-order valence-corrected chi connectivity index (χ0v) is 11.5. The standard InChI is InChI=1S/C15H19NO4/c1-11(12-5-3-2-4-6-12)13(17)16-15(14(18)19)7-9-20-10-8-15/h2-6,11H,7-10H2,1H3,(H,16,17)(H,18,19)/t11-/m0/s1. The van der Waals surface area contributed by atoms with Gasteiger partial charge in [0, 0.05) is 26.1 Å². The van der Waals surface area contributed by atoms with Crippen LogP contribution in [0, 0.1) is 0 Å². The predicted octanol–water partition coefficient (Wildman–Crippen LogP) is 1.54. The molecule has 1 aliphatic rings. The molecule has 5 heteroatoms. The molecular formula is C15H19NO4. The van der Waals surface area contributed by atoms with Crippen LogP contribution in [-0.2, 0) is 14.3 Å². The Morgan fingerprint density at radius 2 is 1.85 bits per heavy atom. The minimum Gasteiger partial charge on any atom is -0.480 e. The number of benzene rings is 1. The fraction of sp³-hybridized carbons (Fsp3) is 0.467. The molecule has 0 spiro atoms. The van der Waals surface area contributed by atoms with Gasteiger partial charge in [-0.1, -0.05) is 30.3 Å². The Bertz CT molecular complexity index is 480. The van der Waals surface area contributed by atoms with Gasteiger partial charge in [-0.25, -0.2) is 4.79 Å². The first-order chi connectivity index (χ1) is 9.55. The molecule has 1 fully saturated rings. The van der Waals surface area contributed by atoms with E-state index in [0.29, 0.717) is 26.1 Å². The molecule has 1 amide bonds. The van der Waals surface area contributed by atoms with Crippen molar-refractivity contribution in [1.29, 1.82) is 0 Å². The summed E-state index contributed by atoms with van der Waals surface area (Å²) in [4.78, 5) is 23.8. The quantitative estimate of drug-likeness (QED) is 0.875. The average molecular weight is 277 g/mol. The molecule has 5 nitrogen and oxygen atoms in total. The van der Waals surface area contributed by atoms with Gasteiger partial charge in [0.1, 0.15) is 5.54 Å². The van der Waals surface area contributed by atoms with Crippen LogP contribution >= 0.6 is 0 Å². The Labute approximate surface area is 117 Å². The van der Waals surface area contributed by atoms with Crippen LogP contribution < -0.4 is 5.32 Å². The number of carboxylic acid groups (broad SMARTS) is 1. The molecule has 2 N–H and O–H groups in total. The van der Waals surface area contributed by atoms with Crippen LogP contribution in [0.25, 0.3) is 0 Å². The number of amides is 1. The van der Waals surface area contributed by atoms with E-state index in [1.54, 1.807) is 6.92 Å². The van der Waals surface area contributed by atoms with Crippen molar-refractivity contribution in [1.82, 2.24) is 5.32 Å². The zero-order valence-electron chi connectivity index (χ0n) is 11.5. The Morgan fingerprint density at radius 1 is 1.25 bits per heavy atom. The van der Waals surface area contributed by atoms with Crippen molar-refractivity contribution in [3.63, 3.8) is 0 Å². The molecule has 1 saturated heterocycles. The van der Waals surface area contributed by atoms with Crippen LogP contribution in [0.15, 0.2) is 30.3 Å². The van der Waals surface area contributed by atoms with Crippen molar-refractivity contribution in [2.75, 3.05) is 13.2 Å². The fourth-order valence-corrected chi connectivity index (χ4v) is 2.35. The number of nitrogens with one attached hydrogen (secondary N) is 1. The number of rotatable bonds is 4. The van der Waals surface area contributed by atoms with Crippen LogP contribution in [0.5, 0.6) is 0 Å². The van der Waals surface area contributed by atoms with E-state index in [-0.39, 0.29) is 11.8 Å². The predicted molar refractivity (Wildman–Crippen MR) is 73.4 cm³/mol. The molecule has 1 aromatic carbocycles. The minimum absolute atomic E-state index is 0.263. The first-order valence-corrected chi connectivity index (χ1v) is 6.73. The summed E-state index contributed by atoms with van der Waals surface area (Å²) >= 11 is 0. The fourth-order valence-electron chi connectivity index (χ4n) is 2.35. The van der Waals surface area contributed by atoms with Gasteiger partial charge in [-0.05, 0) is 12.5 Å². The van der Waals surface area contributed by atoms with E-state index in [0.717, 1.165) is 5.56 Å². The first kappa shape index (κ1) is 14.5. The summed E-state index contributed by atoms with van der Waals surface area (Å²) in [7, 11) is 0. The lowest BCUT2D eigenvalue weighted by Gasteiger charge is -2.34. The molecule has 1 aliphatic heterocycles. The zero-order chi connectivity index (χ0) is 14.6. The second-order valence-electron chi connectivity index (χ2n) is 5.12. The van der Waals surface area contributed by atoms with Crippen LogP contribution in [-0.4, -0.2) is 35.7 Å². The highest BCUT2D eigenvalue weighted by atomic mass is 16.5. The van der Waals surface area contributed by atoms with Crippen molar-refractivity contribution in [3.05, 3.63) is 35.9 Å². The number of aliphatic carboxylic acids is 1. The van der Waals surface area contributed by atoms with Crippen LogP contribution in [0.3, 0.4) is 0 Å². The van der Waals surface area contributed by atoms with E-state index < -0.39 is 11.5 Å². The van der Waals surface area contributed by atoms with Gasteiger partial charge < -0.3 is 15.2 Å². The average Bonchev–Trinajstić information content (AvgIpc) is 2.48. The van der Waals surface area contributed by atoms with Gasteiger partial charge in [0.25, 0.3) is 0 Å². The molecule has 2 rings (SSSR count). The molecular weight excluding hydrogens is 258 g/mol. The lowest BCUT2D eigenvalue weighted by molar-refractivity contribution is -0.152. The minimum atomic E-state index is -1.20. The third-order valence-electron chi connectivity index (χ3n) is 3.81. The van der Waals surface area contributed by atoms with Crippen LogP contribution in [0.2, 0.25) is 0 Å². The van der Waals surface area contributed by atoms with Gasteiger partial charge in [-0.15, -0.1) is 0 Å². The maximum Gasteiger partial charge on any atom is 0.329 e. The summed E-state index contributed by atoms with van der Waals surface area (Å²) in [5.41, 5.74) is -0.323. The summed E-state index contributed by atoms with van der Waals surface area (Å²) in [6.07, 6.45) is 0.602. The Kier molecular flexibility index (Phi) is 4.39. The molecule has 0 radical (unpaired) electrons. The maximum atomic E-state index is 12.3. The lowest BCUT2D eigenvalue weighted by Crippen LogP contribution is -2.58. The number of ether oxygens (including phenoxy) is 1. The number of carboxylic acids is 1. The highest BCUT2D eigenvalue weighted by molar-refractivity contribution is 5.90. The lowest BCUT2D eigenvalue weighted by atomic mass is 9.88. The Balaban J connectivity index is 2.11. The van der Waals surface area contributed by atoms with E-state index in [4.69, 9.17) is 4.74 Å². The van der Waals surface area contributed by atoms with Crippen molar-refractivity contribution in [2.45, 2.75) is 31.2 Å². The van der Waals surface area contributed by atoms with Gasteiger partial charge in [0.05, 0.1) is 5.92 Å². The molecule has 0 aromatic heterocycles. The SMILES string of the molecule is C[C@H](C(=O)NC1(C(=O)O)CCOCC1)c1ccccc1. The van der Waals surface area contributed by atoms with E-state index in [9.17, 15) is 14.7 Å². The summed E-state index contributed by atoms with van der Waals surface area (Å²) < 4.78 is 5.19. The first-order valence-electron chi connectivity index (χ1n) is 6.73. The molecule has 1 heterocycles. The smallest absolute Gasteiger partial charge is 0.329 e. The van der Waals surface area contributed by atoms with Gasteiger partial charge in [-0.3, -0.25) is 4.79 Å². The molecule has 108 valence electrons. The van der Waals surface area contributed by atoms with Gasteiger partial charge in [0.15, 0.2) is 0 Å². The second kappa shape index (κ2) is 6.05. The molecule has 0 saturated carbocycles. The molecule has 0 aliphatic carbocycles. The van der Waals surface area contributed by atoms with Gasteiger partial charge >= 0.3 is 5.97 Å². The summed E-state index contributed by atoms with van der Waals surface area (Å²) in [5, 5.41) is 12.1. The number of hydrogen-bond donors (Lipinski definition) is 2. The van der Waals surface area contributed by atoms with E-state index >= 15 is 0 Å². The summed E-state index contributed by atoms with van der Waals surface area (Å²) in [5.74, 6) is -1.63. The number of hydrogen-bond acceptors (Lipinski definition) is 3. The van der Waals surface area contributed by atoms with Crippen molar-refractivity contribution in [2.24, 2.45) is 0 Å². The topological polar surface area (TPSA) is 75.6 Å². The third-order valence-corrected chi connectivity index (χ3v) is 3.81. The van der Waals surface area contributed by atoms with Crippen molar-refractivity contribution in [3.8, 4) is 0 Å². The Hall–Kier alpha value is -1.88. The normalized spacial score (nSPS) is 19.1. The van der Waals surface area contributed by atoms with E-state index in [1.165, 1.54) is 0 Å². The van der Waals surface area contributed by atoms with Gasteiger partial charge in [-0.2, -0.15) is 0 Å². The number of carbonyl (C=O) groups is 2. The largest absolute Gasteiger partial charge is 0.480 e. The Morgan fingerprint density at radius 3 is 2.40 bits per heavy atom. The van der Waals surface area contributed by atoms with Crippen LogP contribution in [0.1, 0.15) is 31.2 Å². The van der Waals surface area contributed by atoms with Crippen molar-refractivity contribution < 1.29 is 19.4 Å². The van der Waals surface area contributed by atoms with Gasteiger partial charge in [0.2, 0.25) is 5.91 Å². The molecule has 1 atom stereocenters. The maximum absolute atomic E-state index is 12.3. The van der Waals surface area contributed by atoms with E-state index in [2.05, 4.69) is 5.32 Å². The number of carbonyl (C=O) groups excluding carboxylic acids is 1. The second-order valence-corrected chi connectivity index (χ2v) is 5.12. The van der Waals surface area contributed by atoms with E-state index in [1.807, 2.05) is 30.3 Å². The molecule has 20 heavy (non-hydrogen) atoms. The highest BCUT2D eigenvalue weighted by Crippen LogP contribution is 2.23. The summed E-state index contributed by atoms with van der Waals surface area (Å²) in [6.45, 7) is 2.48. The highest BCUT2D eigenvalue weighted by Gasteiger charge is 2.42. The molecule has 0 bridgehead atoms. The van der Waals surface area contributed by atoms with Crippen LogP contribution in [0.4, 0.5) is 0 Å². The third kappa shape index (κ3) is 2.99.